The third-order valence-electron chi connectivity index (χ3n) is 4.66. The Bertz CT molecular complexity index is 968. The zero-order valence-corrected chi connectivity index (χ0v) is 15.4. The topological polar surface area (TPSA) is 83.9 Å². The van der Waals surface area contributed by atoms with E-state index in [1.165, 1.54) is 25.5 Å². The SMILES string of the molecule is Cc1cc(N2CCCCC2)nc(CNC(=O)c2cnc3ccccc3n2)n1. The summed E-state index contributed by atoms with van der Waals surface area (Å²) in [5, 5.41) is 2.85. The minimum atomic E-state index is -0.280. The van der Waals surface area contributed by atoms with E-state index in [4.69, 9.17) is 0 Å². The molecular formula is C20H22N6O. The van der Waals surface area contributed by atoms with Crippen molar-refractivity contribution < 1.29 is 4.79 Å². The number of carbonyl (C=O) groups excluding carboxylic acids is 1. The van der Waals surface area contributed by atoms with Crippen LogP contribution in [0.25, 0.3) is 11.0 Å². The minimum absolute atomic E-state index is 0.260. The van der Waals surface area contributed by atoms with Gasteiger partial charge in [0.05, 0.1) is 23.8 Å². The van der Waals surface area contributed by atoms with Crippen molar-refractivity contribution in [3.63, 3.8) is 0 Å². The molecule has 2 aromatic heterocycles. The molecule has 1 aliphatic rings. The fourth-order valence-corrected chi connectivity index (χ4v) is 3.29. The van der Waals surface area contributed by atoms with Gasteiger partial charge in [-0.25, -0.2) is 15.0 Å². The summed E-state index contributed by atoms with van der Waals surface area (Å²) in [6.07, 6.45) is 5.15. The monoisotopic (exact) mass is 362 g/mol. The van der Waals surface area contributed by atoms with Crippen LogP contribution >= 0.6 is 0 Å². The molecule has 0 bridgehead atoms. The molecule has 7 heteroatoms. The number of aryl methyl sites for hydroxylation is 1. The van der Waals surface area contributed by atoms with Gasteiger partial charge in [0.15, 0.2) is 0 Å². The average Bonchev–Trinajstić information content (AvgIpc) is 2.72. The quantitative estimate of drug-likeness (QED) is 0.768. The Labute approximate surface area is 157 Å². The molecule has 0 atom stereocenters. The second-order valence-corrected chi connectivity index (χ2v) is 6.76. The van der Waals surface area contributed by atoms with E-state index in [9.17, 15) is 4.79 Å². The first-order valence-corrected chi connectivity index (χ1v) is 9.28. The number of piperidine rings is 1. The molecule has 0 unspecified atom stereocenters. The van der Waals surface area contributed by atoms with Crippen molar-refractivity contribution in [2.75, 3.05) is 18.0 Å². The van der Waals surface area contributed by atoms with Gasteiger partial charge >= 0.3 is 0 Å². The van der Waals surface area contributed by atoms with E-state index < -0.39 is 0 Å². The first-order valence-electron chi connectivity index (χ1n) is 9.28. The number of rotatable bonds is 4. The molecule has 1 aromatic carbocycles. The van der Waals surface area contributed by atoms with Gasteiger partial charge in [0, 0.05) is 24.8 Å². The van der Waals surface area contributed by atoms with Crippen LogP contribution in [-0.4, -0.2) is 38.9 Å². The van der Waals surface area contributed by atoms with Gasteiger partial charge in [-0.3, -0.25) is 9.78 Å². The number of para-hydroxylation sites is 2. The molecule has 1 fully saturated rings. The molecule has 1 aliphatic heterocycles. The number of nitrogens with one attached hydrogen (secondary N) is 1. The van der Waals surface area contributed by atoms with Crippen LogP contribution in [0.5, 0.6) is 0 Å². The van der Waals surface area contributed by atoms with Crippen molar-refractivity contribution >= 4 is 22.8 Å². The second-order valence-electron chi connectivity index (χ2n) is 6.76. The third kappa shape index (κ3) is 4.02. The maximum Gasteiger partial charge on any atom is 0.271 e. The van der Waals surface area contributed by atoms with E-state index in [1.807, 2.05) is 37.3 Å². The Morgan fingerprint density at radius 1 is 1.07 bits per heavy atom. The Kier molecular flexibility index (Phi) is 4.91. The number of hydrogen-bond acceptors (Lipinski definition) is 6. The van der Waals surface area contributed by atoms with Crippen LogP contribution in [0.15, 0.2) is 36.5 Å². The highest BCUT2D eigenvalue weighted by molar-refractivity contribution is 5.93. The molecule has 7 nitrogen and oxygen atoms in total. The van der Waals surface area contributed by atoms with Gasteiger partial charge in [-0.05, 0) is 38.3 Å². The van der Waals surface area contributed by atoms with Crippen molar-refractivity contribution in [3.05, 3.63) is 53.7 Å². The predicted molar refractivity (Wildman–Crippen MR) is 104 cm³/mol. The first kappa shape index (κ1) is 17.3. The van der Waals surface area contributed by atoms with Gasteiger partial charge in [-0.1, -0.05) is 12.1 Å². The van der Waals surface area contributed by atoms with Crippen LogP contribution in [0.2, 0.25) is 0 Å². The molecule has 0 radical (unpaired) electrons. The van der Waals surface area contributed by atoms with E-state index in [0.717, 1.165) is 30.1 Å². The largest absolute Gasteiger partial charge is 0.357 e. The zero-order chi connectivity index (χ0) is 18.6. The molecule has 0 spiro atoms. The molecule has 27 heavy (non-hydrogen) atoms. The van der Waals surface area contributed by atoms with E-state index in [2.05, 4.69) is 30.2 Å². The molecule has 138 valence electrons. The standard InChI is InChI=1S/C20H22N6O/c1-14-11-19(26-9-5-2-6-10-26)25-18(23-14)13-22-20(27)17-12-21-15-7-3-4-8-16(15)24-17/h3-4,7-8,11-12H,2,5-6,9-10,13H2,1H3,(H,22,27). The van der Waals surface area contributed by atoms with Crippen LogP contribution in [0.4, 0.5) is 5.82 Å². The number of anilines is 1. The van der Waals surface area contributed by atoms with Gasteiger partial charge < -0.3 is 10.2 Å². The molecule has 1 amide bonds. The normalized spacial score (nSPS) is 14.3. The van der Waals surface area contributed by atoms with Crippen molar-refractivity contribution in [2.45, 2.75) is 32.7 Å². The summed E-state index contributed by atoms with van der Waals surface area (Å²) in [6, 6.07) is 9.49. The Hall–Kier alpha value is -3.09. The zero-order valence-electron chi connectivity index (χ0n) is 15.4. The van der Waals surface area contributed by atoms with Crippen molar-refractivity contribution in [3.8, 4) is 0 Å². The fourth-order valence-electron chi connectivity index (χ4n) is 3.29. The van der Waals surface area contributed by atoms with Crippen molar-refractivity contribution in [1.29, 1.82) is 0 Å². The number of carbonyl (C=O) groups is 1. The van der Waals surface area contributed by atoms with E-state index in [0.29, 0.717) is 11.3 Å². The maximum atomic E-state index is 12.5. The molecule has 3 heterocycles. The number of fused-ring (bicyclic) bond motifs is 1. The molecule has 0 aliphatic carbocycles. The van der Waals surface area contributed by atoms with Crippen LogP contribution in [-0.2, 0) is 6.54 Å². The smallest absolute Gasteiger partial charge is 0.271 e. The summed E-state index contributed by atoms with van der Waals surface area (Å²) >= 11 is 0. The Morgan fingerprint density at radius 2 is 1.85 bits per heavy atom. The number of benzene rings is 1. The maximum absolute atomic E-state index is 12.5. The van der Waals surface area contributed by atoms with E-state index >= 15 is 0 Å². The molecule has 1 N–H and O–H groups in total. The minimum Gasteiger partial charge on any atom is -0.357 e. The Balaban J connectivity index is 1.47. The lowest BCUT2D eigenvalue weighted by Gasteiger charge is -2.28. The number of aromatic nitrogens is 4. The summed E-state index contributed by atoms with van der Waals surface area (Å²) in [5.41, 5.74) is 2.66. The van der Waals surface area contributed by atoms with Gasteiger partial charge in [-0.15, -0.1) is 0 Å². The highest BCUT2D eigenvalue weighted by Gasteiger charge is 2.15. The summed E-state index contributed by atoms with van der Waals surface area (Å²) in [4.78, 5) is 32.5. The fraction of sp³-hybridized carbons (Fsp3) is 0.350. The molecule has 0 saturated carbocycles. The van der Waals surface area contributed by atoms with Crippen LogP contribution < -0.4 is 10.2 Å². The van der Waals surface area contributed by atoms with Crippen molar-refractivity contribution in [2.24, 2.45) is 0 Å². The number of nitrogens with zero attached hydrogens (tertiary/aromatic N) is 5. The highest BCUT2D eigenvalue weighted by Crippen LogP contribution is 2.18. The molecule has 3 aromatic rings. The lowest BCUT2D eigenvalue weighted by Crippen LogP contribution is -2.31. The summed E-state index contributed by atoms with van der Waals surface area (Å²) < 4.78 is 0. The first-order chi connectivity index (χ1) is 13.2. The van der Waals surface area contributed by atoms with Crippen molar-refractivity contribution in [1.82, 2.24) is 25.3 Å². The van der Waals surface area contributed by atoms with Gasteiger partial charge in [0.25, 0.3) is 5.91 Å². The molecule has 1 saturated heterocycles. The summed E-state index contributed by atoms with van der Waals surface area (Å²) in [7, 11) is 0. The van der Waals surface area contributed by atoms with E-state index in [-0.39, 0.29) is 18.1 Å². The third-order valence-corrected chi connectivity index (χ3v) is 4.66. The highest BCUT2D eigenvalue weighted by atomic mass is 16.1. The van der Waals surface area contributed by atoms with E-state index in [1.54, 1.807) is 0 Å². The predicted octanol–water partition coefficient (Wildman–Crippen LogP) is 2.65. The second kappa shape index (κ2) is 7.65. The molecule has 4 rings (SSSR count). The summed E-state index contributed by atoms with van der Waals surface area (Å²) in [6.45, 7) is 4.26. The van der Waals surface area contributed by atoms with Gasteiger partial charge in [0.1, 0.15) is 17.3 Å². The van der Waals surface area contributed by atoms with Gasteiger partial charge in [-0.2, -0.15) is 0 Å². The Morgan fingerprint density at radius 3 is 2.67 bits per heavy atom. The summed E-state index contributed by atoms with van der Waals surface area (Å²) in [5.74, 6) is 1.27. The molecular weight excluding hydrogens is 340 g/mol. The number of hydrogen-bond donors (Lipinski definition) is 1. The average molecular weight is 362 g/mol. The lowest BCUT2D eigenvalue weighted by molar-refractivity contribution is 0.0945. The van der Waals surface area contributed by atoms with Crippen LogP contribution in [0, 0.1) is 6.92 Å². The lowest BCUT2D eigenvalue weighted by atomic mass is 10.1. The van der Waals surface area contributed by atoms with Crippen LogP contribution in [0.3, 0.4) is 0 Å². The van der Waals surface area contributed by atoms with Crippen LogP contribution in [0.1, 0.15) is 41.3 Å². The van der Waals surface area contributed by atoms with Gasteiger partial charge in [0.2, 0.25) is 0 Å². The number of amides is 1.